The third kappa shape index (κ3) is 36.6. The van der Waals surface area contributed by atoms with Crippen LogP contribution < -0.4 is 0 Å². The van der Waals surface area contributed by atoms with E-state index in [2.05, 4.69) is 37.9 Å². The molecule has 0 bridgehead atoms. The summed E-state index contributed by atoms with van der Waals surface area (Å²) in [6.45, 7) is -4.94. The van der Waals surface area contributed by atoms with E-state index in [-0.39, 0.29) is 52.5 Å². The molecule has 0 N–H and O–H groups in total. The molecule has 1 fully saturated rings. The second kappa shape index (κ2) is 39.3. The molecule has 1 heterocycles. The summed E-state index contributed by atoms with van der Waals surface area (Å²) in [6.07, 6.45) is 0. The van der Waals surface area contributed by atoms with Gasteiger partial charge in [-0.3, -0.25) is 0 Å². The average molecular weight is 968 g/mol. The summed E-state index contributed by atoms with van der Waals surface area (Å²) >= 11 is 0.0278. The summed E-state index contributed by atoms with van der Waals surface area (Å²) in [5.41, 5.74) is 0. The van der Waals surface area contributed by atoms with Crippen LogP contribution >= 0.6 is 80.8 Å². The molecule has 0 amide bonds. The van der Waals surface area contributed by atoms with Crippen molar-refractivity contribution in [3.05, 3.63) is 0 Å². The fourth-order valence-corrected chi connectivity index (χ4v) is 1.55. The van der Waals surface area contributed by atoms with Crippen molar-refractivity contribution in [2.75, 3.05) is 52.9 Å². The molecule has 28 heteroatoms. The Balaban J connectivity index is -0.000000572. The van der Waals surface area contributed by atoms with Crippen LogP contribution in [0.25, 0.3) is 0 Å². The maximum atomic E-state index is 11.3. The first kappa shape index (κ1) is 51.0. The fraction of sp³-hybridized carbons (Fsp3) is 0.500. The summed E-state index contributed by atoms with van der Waals surface area (Å²) in [5, 5.41) is 0. The zero-order valence-corrected chi connectivity index (χ0v) is 31.5. The molecule has 0 radical (unpaired) electrons. The predicted molar refractivity (Wildman–Crippen MR) is 134 cm³/mol. The van der Waals surface area contributed by atoms with Gasteiger partial charge in [-0.15, -0.1) is 0 Å². The van der Waals surface area contributed by atoms with Crippen LogP contribution in [0.15, 0.2) is 0 Å². The van der Waals surface area contributed by atoms with Crippen LogP contribution in [0, 0.1) is 0 Å². The number of carbonyl (C=O) groups excluding carboxylic acids is 8. The van der Waals surface area contributed by atoms with Crippen molar-refractivity contribution in [3.8, 4) is 0 Å². The Morgan fingerprint density at radius 1 is 0.273 bits per heavy atom. The summed E-state index contributed by atoms with van der Waals surface area (Å²) < 4.78 is 35.3. The van der Waals surface area contributed by atoms with Gasteiger partial charge in [-0.25, -0.2) is 38.4 Å². The molecule has 0 saturated carbocycles. The number of carbonyl (C=O) groups is 8. The summed E-state index contributed by atoms with van der Waals surface area (Å²) in [5.74, 6) is -11.8. The van der Waals surface area contributed by atoms with E-state index in [1.54, 1.807) is 0 Å². The zero-order chi connectivity index (χ0) is 34.8. The number of hydrogen-bond donors (Lipinski definition) is 0. The number of hydrogen-bond acceptors (Lipinski definition) is 16. The molecule has 0 aromatic rings. The first-order chi connectivity index (χ1) is 20.9. The number of esters is 8. The normalized spacial score (nSPS) is 15.8. The van der Waals surface area contributed by atoms with E-state index in [0.29, 0.717) is 0 Å². The van der Waals surface area contributed by atoms with Crippen LogP contribution in [0.1, 0.15) is 0 Å². The van der Waals surface area contributed by atoms with Gasteiger partial charge in [-0.05, 0) is 0 Å². The molecule has 0 aliphatic carbocycles. The van der Waals surface area contributed by atoms with Crippen molar-refractivity contribution in [2.24, 2.45) is 0 Å². The van der Waals surface area contributed by atoms with Crippen molar-refractivity contribution in [1.29, 1.82) is 0 Å². The van der Waals surface area contributed by atoms with Crippen LogP contribution in [0.5, 0.6) is 0 Å². The molecule has 260 valence electrons. The SMILES string of the molecule is O=C1OCCOC(=O)C(=O)OCCOC(=O)C(=O)OCCOC(=O)C(=O)OCCOC1=O.[Cl][Mn][Cl].[Cl][Mn][Cl].[Cl][Mn][Cl].[Cl][Mn][Cl]. The molecule has 1 saturated heterocycles. The maximum absolute atomic E-state index is 11.3. The number of rotatable bonds is 0. The Bertz CT molecular complexity index is 676. The number of cyclic esters (lactones) is 8. The predicted octanol–water partition coefficient (Wildman–Crippen LogP) is 1.85. The second-order valence-electron chi connectivity index (χ2n) is 5.30. The molecule has 0 aromatic heterocycles. The van der Waals surface area contributed by atoms with E-state index in [1.165, 1.54) is 0 Å². The molecule has 0 aromatic carbocycles. The summed E-state index contributed by atoms with van der Waals surface area (Å²) in [4.78, 5) is 90.8. The van der Waals surface area contributed by atoms with Crippen LogP contribution in [0.2, 0.25) is 0 Å². The molecular formula is C16H16Cl8Mn4O16. The van der Waals surface area contributed by atoms with Gasteiger partial charge in [0.1, 0.15) is 52.9 Å². The van der Waals surface area contributed by atoms with Gasteiger partial charge in [0.15, 0.2) is 0 Å². The van der Waals surface area contributed by atoms with Crippen LogP contribution in [-0.4, -0.2) is 101 Å². The molecule has 16 nitrogen and oxygen atoms in total. The van der Waals surface area contributed by atoms with Gasteiger partial charge < -0.3 is 37.9 Å². The standard InChI is InChI=1S/C16H16O16.8ClH.4Mn/c17-9-10(18)27-3-4-29-13(21)14(22)31-7-8-32-16(24)15(23)30-6-5-28-12(20)11(19)26-2-1-25-9;;;;;;;;;;;;/h1-8H2;8*1H;;;;/q;;;;;;;;;4*+2/p-8. The number of halogens is 8. The van der Waals surface area contributed by atoms with Crippen LogP contribution in [0.4, 0.5) is 0 Å². The van der Waals surface area contributed by atoms with E-state index >= 15 is 0 Å². The first-order valence-electron chi connectivity index (χ1n) is 9.72. The van der Waals surface area contributed by atoms with Crippen LogP contribution in [-0.2, 0) is 129 Å². The minimum absolute atomic E-state index is 0.00694. The molecule has 0 spiro atoms. The molecule has 1 aliphatic rings. The van der Waals surface area contributed by atoms with Crippen molar-refractivity contribution in [1.82, 2.24) is 0 Å². The topological polar surface area (TPSA) is 210 Å². The molecule has 44 heavy (non-hydrogen) atoms. The Hall–Kier alpha value is 0.158. The van der Waals surface area contributed by atoms with E-state index < -0.39 is 101 Å². The van der Waals surface area contributed by atoms with Gasteiger partial charge in [0.25, 0.3) is 0 Å². The molecule has 1 rings (SSSR count). The third-order valence-electron chi connectivity index (χ3n) is 2.87. The van der Waals surface area contributed by atoms with E-state index in [4.69, 9.17) is 80.8 Å². The van der Waals surface area contributed by atoms with Gasteiger partial charge in [0.05, 0.1) is 0 Å². The summed E-state index contributed by atoms with van der Waals surface area (Å²) in [7, 11) is 38.4. The van der Waals surface area contributed by atoms with Crippen molar-refractivity contribution >= 4 is 129 Å². The monoisotopic (exact) mass is 964 g/mol. The Morgan fingerprint density at radius 2 is 0.341 bits per heavy atom. The van der Waals surface area contributed by atoms with Crippen molar-refractivity contribution < 1.29 is 129 Å². The Morgan fingerprint density at radius 3 is 0.409 bits per heavy atom. The average Bonchev–Trinajstić information content (AvgIpc) is 2.98. The van der Waals surface area contributed by atoms with Gasteiger partial charge in [-0.2, -0.15) is 0 Å². The molecule has 0 atom stereocenters. The van der Waals surface area contributed by atoms with Gasteiger partial charge in [0, 0.05) is 0 Å². The summed E-state index contributed by atoms with van der Waals surface area (Å²) in [6, 6.07) is 0. The van der Waals surface area contributed by atoms with Gasteiger partial charge in [-0.1, -0.05) is 0 Å². The quantitative estimate of drug-likeness (QED) is 0.147. The van der Waals surface area contributed by atoms with Crippen molar-refractivity contribution in [3.63, 3.8) is 0 Å². The molecule has 0 unspecified atom stereocenters. The fourth-order valence-electron chi connectivity index (χ4n) is 1.55. The first-order valence-corrected chi connectivity index (χ1v) is 22.7. The van der Waals surface area contributed by atoms with Crippen LogP contribution in [0.3, 0.4) is 0 Å². The van der Waals surface area contributed by atoms with E-state index in [1.807, 2.05) is 0 Å². The Kier molecular flexibility index (Phi) is 45.6. The molecular weight excluding hydrogens is 952 g/mol. The Labute approximate surface area is 307 Å². The second-order valence-corrected chi connectivity index (χ2v) is 13.1. The van der Waals surface area contributed by atoms with Crippen molar-refractivity contribution in [2.45, 2.75) is 0 Å². The number of ether oxygens (including phenoxy) is 8. The third-order valence-corrected chi connectivity index (χ3v) is 2.87. The zero-order valence-electron chi connectivity index (χ0n) is 20.7. The van der Waals surface area contributed by atoms with E-state index in [0.717, 1.165) is 0 Å². The molecule has 1 aliphatic heterocycles. The van der Waals surface area contributed by atoms with Gasteiger partial charge >= 0.3 is 181 Å². The van der Waals surface area contributed by atoms with Gasteiger partial charge in [0.2, 0.25) is 0 Å². The van der Waals surface area contributed by atoms with E-state index in [9.17, 15) is 38.4 Å². The minimum atomic E-state index is -1.47.